The van der Waals surface area contributed by atoms with E-state index in [0.717, 1.165) is 11.3 Å². The van der Waals surface area contributed by atoms with E-state index in [4.69, 9.17) is 14.0 Å². The van der Waals surface area contributed by atoms with E-state index in [1.807, 2.05) is 17.5 Å². The maximum atomic E-state index is 12.0. The monoisotopic (exact) mass is 338 g/mol. The Kier molecular flexibility index (Phi) is 6.29. The maximum absolute atomic E-state index is 12.0. The van der Waals surface area contributed by atoms with Crippen molar-refractivity contribution in [2.24, 2.45) is 5.92 Å². The van der Waals surface area contributed by atoms with Gasteiger partial charge in [0.2, 0.25) is 5.82 Å². The molecule has 2 aromatic heterocycles. The van der Waals surface area contributed by atoms with Crippen LogP contribution in [0.25, 0.3) is 10.7 Å². The van der Waals surface area contributed by atoms with E-state index in [1.54, 1.807) is 13.8 Å². The first-order valence-corrected chi connectivity index (χ1v) is 8.55. The lowest BCUT2D eigenvalue weighted by Gasteiger charge is -2.15. The van der Waals surface area contributed by atoms with Crippen molar-refractivity contribution in [3.63, 3.8) is 0 Å². The Morgan fingerprint density at radius 2 is 2.13 bits per heavy atom. The fraction of sp³-hybridized carbons (Fsp3) is 0.562. The minimum absolute atomic E-state index is 0.274. The minimum Gasteiger partial charge on any atom is -0.451 e. The van der Waals surface area contributed by atoms with Crippen molar-refractivity contribution in [3.8, 4) is 10.7 Å². The SMILES string of the molecule is CC(C)CCOC(C)C(=O)OC(C)c1nc(-c2cccs2)no1. The van der Waals surface area contributed by atoms with Crippen LogP contribution in [0, 0.1) is 5.92 Å². The Balaban J connectivity index is 1.86. The summed E-state index contributed by atoms with van der Waals surface area (Å²) >= 11 is 1.52. The molecule has 0 saturated heterocycles. The molecule has 0 aliphatic rings. The first-order valence-electron chi connectivity index (χ1n) is 7.67. The molecule has 0 radical (unpaired) electrons. The van der Waals surface area contributed by atoms with Crippen molar-refractivity contribution in [3.05, 3.63) is 23.4 Å². The third-order valence-electron chi connectivity index (χ3n) is 3.22. The van der Waals surface area contributed by atoms with Crippen LogP contribution in [0.2, 0.25) is 0 Å². The summed E-state index contributed by atoms with van der Waals surface area (Å²) in [5, 5.41) is 5.84. The average Bonchev–Trinajstić information content (AvgIpc) is 3.17. The predicted molar refractivity (Wildman–Crippen MR) is 87.0 cm³/mol. The van der Waals surface area contributed by atoms with E-state index in [2.05, 4.69) is 24.0 Å². The molecule has 2 atom stereocenters. The molecule has 0 amide bonds. The second-order valence-corrected chi connectivity index (χ2v) is 6.66. The van der Waals surface area contributed by atoms with E-state index >= 15 is 0 Å². The third-order valence-corrected chi connectivity index (χ3v) is 4.08. The summed E-state index contributed by atoms with van der Waals surface area (Å²) in [5.74, 6) is 0.874. The lowest BCUT2D eigenvalue weighted by atomic mass is 10.1. The molecule has 2 rings (SSSR count). The fourth-order valence-electron chi connectivity index (χ4n) is 1.78. The number of carbonyl (C=O) groups is 1. The average molecular weight is 338 g/mol. The quantitative estimate of drug-likeness (QED) is 0.681. The Morgan fingerprint density at radius 3 is 2.78 bits per heavy atom. The molecule has 7 heteroatoms. The Bertz CT molecular complexity index is 609. The number of aromatic nitrogens is 2. The zero-order valence-electron chi connectivity index (χ0n) is 13.8. The molecule has 0 aromatic carbocycles. The van der Waals surface area contributed by atoms with E-state index in [0.29, 0.717) is 18.3 Å². The first kappa shape index (κ1) is 17.6. The molecular formula is C16H22N2O4S. The fourth-order valence-corrected chi connectivity index (χ4v) is 2.42. The summed E-state index contributed by atoms with van der Waals surface area (Å²) in [7, 11) is 0. The topological polar surface area (TPSA) is 74.5 Å². The summed E-state index contributed by atoms with van der Waals surface area (Å²) in [6.07, 6.45) is -0.322. The zero-order valence-corrected chi connectivity index (χ0v) is 14.6. The molecule has 6 nitrogen and oxygen atoms in total. The molecule has 0 aliphatic heterocycles. The molecule has 23 heavy (non-hydrogen) atoms. The van der Waals surface area contributed by atoms with Gasteiger partial charge in [-0.3, -0.25) is 0 Å². The second kappa shape index (κ2) is 8.21. The van der Waals surface area contributed by atoms with Crippen LogP contribution in [-0.2, 0) is 14.3 Å². The molecule has 2 unspecified atom stereocenters. The smallest absolute Gasteiger partial charge is 0.335 e. The molecule has 0 spiro atoms. The summed E-state index contributed by atoms with van der Waals surface area (Å²) in [6, 6.07) is 3.82. The van der Waals surface area contributed by atoms with Gasteiger partial charge in [0.1, 0.15) is 0 Å². The number of thiophene rings is 1. The lowest BCUT2D eigenvalue weighted by Crippen LogP contribution is -2.25. The van der Waals surface area contributed by atoms with E-state index < -0.39 is 18.2 Å². The highest BCUT2D eigenvalue weighted by Gasteiger charge is 2.23. The highest BCUT2D eigenvalue weighted by atomic mass is 32.1. The highest BCUT2D eigenvalue weighted by Crippen LogP contribution is 2.24. The summed E-state index contributed by atoms with van der Waals surface area (Å²) in [5.41, 5.74) is 0. The normalized spacial score (nSPS) is 14.0. The van der Waals surface area contributed by atoms with Crippen molar-refractivity contribution >= 4 is 17.3 Å². The van der Waals surface area contributed by atoms with Gasteiger partial charge in [-0.15, -0.1) is 11.3 Å². The largest absolute Gasteiger partial charge is 0.451 e. The molecule has 0 saturated carbocycles. The predicted octanol–water partition coefficient (Wildman–Crippen LogP) is 3.85. The summed E-state index contributed by atoms with van der Waals surface area (Å²) in [6.45, 7) is 8.13. The Hall–Kier alpha value is -1.73. The van der Waals surface area contributed by atoms with Crippen molar-refractivity contribution in [1.29, 1.82) is 0 Å². The second-order valence-electron chi connectivity index (χ2n) is 5.71. The molecule has 0 N–H and O–H groups in total. The van der Waals surface area contributed by atoms with Gasteiger partial charge in [0, 0.05) is 6.61 Å². The van der Waals surface area contributed by atoms with Gasteiger partial charge in [0.15, 0.2) is 12.2 Å². The minimum atomic E-state index is -0.615. The Labute approximate surface area is 139 Å². The van der Waals surface area contributed by atoms with Crippen LogP contribution in [0.1, 0.15) is 46.1 Å². The van der Waals surface area contributed by atoms with E-state index in [9.17, 15) is 4.79 Å². The van der Waals surface area contributed by atoms with Gasteiger partial charge in [-0.25, -0.2) is 4.79 Å². The van der Waals surface area contributed by atoms with Gasteiger partial charge in [-0.2, -0.15) is 4.98 Å². The van der Waals surface area contributed by atoms with Crippen LogP contribution in [0.4, 0.5) is 0 Å². The standard InChI is InChI=1S/C16H22N2O4S/c1-10(2)7-8-20-12(4)16(19)21-11(3)15-17-14(18-22-15)13-6-5-9-23-13/h5-6,9-12H,7-8H2,1-4H3. The Morgan fingerprint density at radius 1 is 1.35 bits per heavy atom. The zero-order chi connectivity index (χ0) is 16.8. The van der Waals surface area contributed by atoms with Crippen molar-refractivity contribution < 1.29 is 18.8 Å². The number of esters is 1. The van der Waals surface area contributed by atoms with Gasteiger partial charge in [0.05, 0.1) is 4.88 Å². The van der Waals surface area contributed by atoms with Crippen LogP contribution in [0.3, 0.4) is 0 Å². The van der Waals surface area contributed by atoms with Gasteiger partial charge in [-0.1, -0.05) is 25.1 Å². The molecule has 0 aliphatic carbocycles. The van der Waals surface area contributed by atoms with Crippen molar-refractivity contribution in [2.45, 2.75) is 46.3 Å². The number of rotatable bonds is 8. The summed E-state index contributed by atoms with van der Waals surface area (Å²) in [4.78, 5) is 17.2. The van der Waals surface area contributed by atoms with Gasteiger partial charge in [-0.05, 0) is 37.6 Å². The molecule has 0 fully saturated rings. The molecule has 0 bridgehead atoms. The number of hydrogen-bond acceptors (Lipinski definition) is 7. The number of ether oxygens (including phenoxy) is 2. The van der Waals surface area contributed by atoms with E-state index in [1.165, 1.54) is 11.3 Å². The first-order chi connectivity index (χ1) is 11.0. The van der Waals surface area contributed by atoms with Crippen LogP contribution in [-0.4, -0.2) is 28.8 Å². The molecule has 2 aromatic rings. The molecule has 2 heterocycles. The maximum Gasteiger partial charge on any atom is 0.335 e. The lowest BCUT2D eigenvalue weighted by molar-refractivity contribution is -0.162. The van der Waals surface area contributed by atoms with Gasteiger partial charge < -0.3 is 14.0 Å². The van der Waals surface area contributed by atoms with Gasteiger partial charge in [0.25, 0.3) is 5.89 Å². The summed E-state index contributed by atoms with van der Waals surface area (Å²) < 4.78 is 16.0. The number of nitrogens with zero attached hydrogens (tertiary/aromatic N) is 2. The van der Waals surface area contributed by atoms with Crippen LogP contribution < -0.4 is 0 Å². The molecule has 126 valence electrons. The van der Waals surface area contributed by atoms with Crippen LogP contribution >= 0.6 is 11.3 Å². The van der Waals surface area contributed by atoms with E-state index in [-0.39, 0.29) is 5.89 Å². The van der Waals surface area contributed by atoms with Crippen molar-refractivity contribution in [2.75, 3.05) is 6.61 Å². The number of carbonyl (C=O) groups excluding carboxylic acids is 1. The third kappa shape index (κ3) is 5.14. The van der Waals surface area contributed by atoms with Gasteiger partial charge >= 0.3 is 5.97 Å². The van der Waals surface area contributed by atoms with Crippen LogP contribution in [0.5, 0.6) is 0 Å². The number of hydrogen-bond donors (Lipinski definition) is 0. The highest BCUT2D eigenvalue weighted by molar-refractivity contribution is 7.13. The molecular weight excluding hydrogens is 316 g/mol. The van der Waals surface area contributed by atoms with Crippen molar-refractivity contribution in [1.82, 2.24) is 10.1 Å². The van der Waals surface area contributed by atoms with Crippen LogP contribution in [0.15, 0.2) is 22.0 Å².